The fourth-order valence-electron chi connectivity index (χ4n) is 2.76. The molecule has 0 spiro atoms. The van der Waals surface area contributed by atoms with E-state index in [0.717, 1.165) is 24.6 Å². The Labute approximate surface area is 119 Å². The molecule has 1 fully saturated rings. The highest BCUT2D eigenvalue weighted by molar-refractivity contribution is 5.97. The van der Waals surface area contributed by atoms with Crippen LogP contribution >= 0.6 is 0 Å². The number of rotatable bonds is 4. The predicted octanol–water partition coefficient (Wildman–Crippen LogP) is 2.54. The number of piperidine rings is 1. The molecule has 0 amide bonds. The second-order valence-electron chi connectivity index (χ2n) is 5.46. The highest BCUT2D eigenvalue weighted by Crippen LogP contribution is 2.21. The van der Waals surface area contributed by atoms with Gasteiger partial charge in [-0.3, -0.25) is 4.90 Å². The Hall–Kier alpha value is -1.62. The van der Waals surface area contributed by atoms with Gasteiger partial charge in [0.05, 0.1) is 0 Å². The van der Waals surface area contributed by atoms with Crippen molar-refractivity contribution in [2.75, 3.05) is 13.1 Å². The molecule has 0 radical (unpaired) electrons. The van der Waals surface area contributed by atoms with Crippen LogP contribution in [0, 0.1) is 11.7 Å². The van der Waals surface area contributed by atoms with E-state index in [2.05, 4.69) is 17.0 Å². The molecule has 110 valence electrons. The molecule has 2 rings (SSSR count). The molecule has 1 aliphatic rings. The number of nitrogens with two attached hydrogens (primary N) is 1. The molecular weight excluding hydrogens is 257 g/mol. The number of hydrogen-bond donors (Lipinski definition) is 2. The molecule has 0 unspecified atom stereocenters. The van der Waals surface area contributed by atoms with Crippen molar-refractivity contribution >= 4 is 5.84 Å². The summed E-state index contributed by atoms with van der Waals surface area (Å²) >= 11 is 0. The maximum atomic E-state index is 13.6. The fourth-order valence-corrected chi connectivity index (χ4v) is 2.76. The van der Waals surface area contributed by atoms with Gasteiger partial charge in [-0.2, -0.15) is 0 Å². The van der Waals surface area contributed by atoms with E-state index in [1.165, 1.54) is 31.4 Å². The molecule has 1 saturated heterocycles. The molecule has 0 atom stereocenters. The molecule has 1 aromatic carbocycles. The van der Waals surface area contributed by atoms with Crippen LogP contribution in [0.25, 0.3) is 0 Å². The lowest BCUT2D eigenvalue weighted by Crippen LogP contribution is -2.33. The Bertz CT molecular complexity index is 482. The Morgan fingerprint density at radius 3 is 2.70 bits per heavy atom. The second-order valence-corrected chi connectivity index (χ2v) is 5.46. The number of halogens is 1. The van der Waals surface area contributed by atoms with Crippen molar-refractivity contribution in [1.82, 2.24) is 4.90 Å². The van der Waals surface area contributed by atoms with E-state index in [-0.39, 0.29) is 11.7 Å². The molecule has 3 N–H and O–H groups in total. The molecule has 5 heteroatoms. The minimum atomic E-state index is -0.354. The van der Waals surface area contributed by atoms with E-state index in [0.29, 0.717) is 12.1 Å². The summed E-state index contributed by atoms with van der Waals surface area (Å²) in [7, 11) is 0. The third-order valence-corrected chi connectivity index (χ3v) is 4.05. The van der Waals surface area contributed by atoms with E-state index in [9.17, 15) is 4.39 Å². The highest BCUT2D eigenvalue weighted by atomic mass is 19.1. The smallest absolute Gasteiger partial charge is 0.170 e. The number of benzene rings is 1. The Balaban J connectivity index is 2.04. The van der Waals surface area contributed by atoms with Crippen molar-refractivity contribution in [2.45, 2.75) is 32.7 Å². The highest BCUT2D eigenvalue weighted by Gasteiger charge is 2.18. The Kier molecular flexibility index (Phi) is 4.95. The molecule has 1 aromatic rings. The van der Waals surface area contributed by atoms with Crippen molar-refractivity contribution in [2.24, 2.45) is 16.8 Å². The van der Waals surface area contributed by atoms with Crippen molar-refractivity contribution in [1.29, 1.82) is 0 Å². The van der Waals surface area contributed by atoms with Gasteiger partial charge >= 0.3 is 0 Å². The topological polar surface area (TPSA) is 61.8 Å². The summed E-state index contributed by atoms with van der Waals surface area (Å²) in [5.74, 6) is 0.412. The lowest BCUT2D eigenvalue weighted by atomic mass is 9.94. The normalized spacial score (nSPS) is 18.4. The van der Waals surface area contributed by atoms with E-state index >= 15 is 0 Å². The van der Waals surface area contributed by atoms with E-state index in [1.54, 1.807) is 6.07 Å². The summed E-state index contributed by atoms with van der Waals surface area (Å²) in [6, 6.07) is 4.58. The first-order valence-electron chi connectivity index (χ1n) is 7.12. The third kappa shape index (κ3) is 3.70. The zero-order chi connectivity index (χ0) is 14.5. The van der Waals surface area contributed by atoms with Gasteiger partial charge in [0.25, 0.3) is 0 Å². The summed E-state index contributed by atoms with van der Waals surface area (Å²) in [5, 5.41) is 11.6. The van der Waals surface area contributed by atoms with Gasteiger partial charge in [-0.1, -0.05) is 18.5 Å². The SMILES string of the molecule is CCC1CCN(Cc2cc(F)cc(/C(N)=N/O)c2)CC1. The molecule has 20 heavy (non-hydrogen) atoms. The van der Waals surface area contributed by atoms with E-state index < -0.39 is 0 Å². The van der Waals surface area contributed by atoms with Crippen LogP contribution in [0.2, 0.25) is 0 Å². The summed E-state index contributed by atoms with van der Waals surface area (Å²) in [6.07, 6.45) is 3.65. The van der Waals surface area contributed by atoms with Gasteiger partial charge in [0.1, 0.15) is 5.82 Å². The number of likely N-dealkylation sites (tertiary alicyclic amines) is 1. The number of amidine groups is 1. The summed E-state index contributed by atoms with van der Waals surface area (Å²) in [6.45, 7) is 5.04. The number of oxime groups is 1. The molecule has 0 aliphatic carbocycles. The van der Waals surface area contributed by atoms with Crippen LogP contribution in [0.1, 0.15) is 37.3 Å². The number of hydrogen-bond acceptors (Lipinski definition) is 3. The molecule has 1 heterocycles. The van der Waals surface area contributed by atoms with Gasteiger partial charge in [0, 0.05) is 12.1 Å². The van der Waals surface area contributed by atoms with Crippen LogP contribution in [0.4, 0.5) is 4.39 Å². The maximum absolute atomic E-state index is 13.6. The van der Waals surface area contributed by atoms with Gasteiger partial charge in [0.15, 0.2) is 5.84 Å². The first-order chi connectivity index (χ1) is 9.62. The van der Waals surface area contributed by atoms with Crippen LogP contribution < -0.4 is 5.73 Å². The second kappa shape index (κ2) is 6.70. The van der Waals surface area contributed by atoms with Crippen molar-refractivity contribution in [3.63, 3.8) is 0 Å². The lowest BCUT2D eigenvalue weighted by molar-refractivity contribution is 0.175. The van der Waals surface area contributed by atoms with Crippen molar-refractivity contribution < 1.29 is 9.60 Å². The first kappa shape index (κ1) is 14.8. The average Bonchev–Trinajstić information content (AvgIpc) is 2.46. The van der Waals surface area contributed by atoms with Gasteiger partial charge in [-0.05, 0) is 55.6 Å². The summed E-state index contributed by atoms with van der Waals surface area (Å²) in [4.78, 5) is 2.33. The fraction of sp³-hybridized carbons (Fsp3) is 0.533. The average molecular weight is 279 g/mol. The molecule has 0 aromatic heterocycles. The quantitative estimate of drug-likeness (QED) is 0.385. The minimum absolute atomic E-state index is 0.0598. The molecule has 0 saturated carbocycles. The van der Waals surface area contributed by atoms with Gasteiger partial charge in [0.2, 0.25) is 0 Å². The van der Waals surface area contributed by atoms with Gasteiger partial charge in [-0.15, -0.1) is 0 Å². The molecule has 1 aliphatic heterocycles. The van der Waals surface area contributed by atoms with Crippen molar-refractivity contribution in [3.05, 3.63) is 35.1 Å². The number of nitrogens with zero attached hydrogens (tertiary/aromatic N) is 2. The van der Waals surface area contributed by atoms with Crippen LogP contribution in [0.5, 0.6) is 0 Å². The largest absolute Gasteiger partial charge is 0.409 e. The standard InChI is InChI=1S/C15H22FN3O/c1-2-11-3-5-19(6-4-11)10-12-7-13(15(17)18-20)9-14(16)8-12/h7-9,11,20H,2-6,10H2,1H3,(H2,17,18). The third-order valence-electron chi connectivity index (χ3n) is 4.05. The Morgan fingerprint density at radius 1 is 1.40 bits per heavy atom. The zero-order valence-electron chi connectivity index (χ0n) is 11.8. The van der Waals surface area contributed by atoms with Crippen LogP contribution in [0.15, 0.2) is 23.4 Å². The molecule has 4 nitrogen and oxygen atoms in total. The summed E-state index contributed by atoms with van der Waals surface area (Å²) in [5.41, 5.74) is 6.81. The van der Waals surface area contributed by atoms with E-state index in [1.807, 2.05) is 0 Å². The zero-order valence-corrected chi connectivity index (χ0v) is 11.8. The van der Waals surface area contributed by atoms with E-state index in [4.69, 9.17) is 10.9 Å². The van der Waals surface area contributed by atoms with Gasteiger partial charge in [-0.25, -0.2) is 4.39 Å². The van der Waals surface area contributed by atoms with Crippen LogP contribution in [0.3, 0.4) is 0 Å². The maximum Gasteiger partial charge on any atom is 0.170 e. The predicted molar refractivity (Wildman–Crippen MR) is 77.2 cm³/mol. The first-order valence-corrected chi connectivity index (χ1v) is 7.12. The summed E-state index contributed by atoms with van der Waals surface area (Å²) < 4.78 is 13.6. The van der Waals surface area contributed by atoms with Crippen molar-refractivity contribution in [3.8, 4) is 0 Å². The minimum Gasteiger partial charge on any atom is -0.409 e. The Morgan fingerprint density at radius 2 is 2.10 bits per heavy atom. The van der Waals surface area contributed by atoms with Crippen LogP contribution in [-0.2, 0) is 6.54 Å². The van der Waals surface area contributed by atoms with Gasteiger partial charge < -0.3 is 10.9 Å². The van der Waals surface area contributed by atoms with Crippen LogP contribution in [-0.4, -0.2) is 29.0 Å². The molecular formula is C15H22FN3O. The lowest BCUT2D eigenvalue weighted by Gasteiger charge is -2.31. The monoisotopic (exact) mass is 279 g/mol. The molecule has 0 bridgehead atoms.